The molecule has 1 saturated heterocycles. The van der Waals surface area contributed by atoms with Crippen molar-refractivity contribution in [1.29, 1.82) is 0 Å². The maximum absolute atomic E-state index is 12.3. The first-order valence-electron chi connectivity index (χ1n) is 7.51. The monoisotopic (exact) mass is 347 g/mol. The zero-order valence-corrected chi connectivity index (χ0v) is 13.7. The van der Waals surface area contributed by atoms with Crippen molar-refractivity contribution in [2.75, 3.05) is 31.6 Å². The number of morpholine rings is 1. The molecular formula is C16H17N3O4S. The number of carboxylic acid groups (broad SMARTS) is 1. The van der Waals surface area contributed by atoms with Gasteiger partial charge < -0.3 is 15.2 Å². The number of amides is 1. The number of anilines is 1. The standard InChI is InChI=1S/C16H17N3O4S/c20-15(17-12-3-1-2-11(8-12)16(21)22)13-10-24-14(18-13)9-19-4-6-23-7-5-19/h1-3,8,10H,4-7,9H2,(H,17,20)(H,21,22). The molecule has 0 spiro atoms. The van der Waals surface area contributed by atoms with E-state index in [2.05, 4.69) is 15.2 Å². The van der Waals surface area contributed by atoms with Crippen molar-refractivity contribution in [2.24, 2.45) is 0 Å². The molecule has 0 saturated carbocycles. The number of thiazole rings is 1. The molecule has 126 valence electrons. The number of carboxylic acids is 1. The molecule has 24 heavy (non-hydrogen) atoms. The van der Waals surface area contributed by atoms with Gasteiger partial charge in [-0.15, -0.1) is 11.3 Å². The fourth-order valence-corrected chi connectivity index (χ4v) is 3.18. The van der Waals surface area contributed by atoms with Crippen LogP contribution in [0, 0.1) is 0 Å². The number of hydrogen-bond acceptors (Lipinski definition) is 6. The Labute approximate surface area is 142 Å². The fourth-order valence-electron chi connectivity index (χ4n) is 2.36. The van der Waals surface area contributed by atoms with E-state index in [0.29, 0.717) is 17.9 Å². The molecule has 2 N–H and O–H groups in total. The molecule has 2 heterocycles. The molecule has 0 bridgehead atoms. The second-order valence-corrected chi connectivity index (χ2v) is 6.30. The zero-order chi connectivity index (χ0) is 16.9. The summed E-state index contributed by atoms with van der Waals surface area (Å²) in [5.74, 6) is -1.38. The van der Waals surface area contributed by atoms with Crippen molar-refractivity contribution in [3.8, 4) is 0 Å². The number of hydrogen-bond donors (Lipinski definition) is 2. The number of carbonyl (C=O) groups is 2. The highest BCUT2D eigenvalue weighted by Gasteiger charge is 2.16. The molecule has 0 radical (unpaired) electrons. The predicted octanol–water partition coefficient (Wildman–Crippen LogP) is 1.93. The van der Waals surface area contributed by atoms with Gasteiger partial charge in [0.2, 0.25) is 0 Å². The number of aromatic carboxylic acids is 1. The normalized spacial score (nSPS) is 15.2. The van der Waals surface area contributed by atoms with Crippen molar-refractivity contribution >= 4 is 28.9 Å². The van der Waals surface area contributed by atoms with Gasteiger partial charge in [0.15, 0.2) is 0 Å². The first-order chi connectivity index (χ1) is 11.6. The second-order valence-electron chi connectivity index (χ2n) is 5.36. The van der Waals surface area contributed by atoms with Crippen LogP contribution >= 0.6 is 11.3 Å². The summed E-state index contributed by atoms with van der Waals surface area (Å²) in [6.07, 6.45) is 0. The Balaban J connectivity index is 1.63. The molecule has 1 fully saturated rings. The van der Waals surface area contributed by atoms with E-state index in [9.17, 15) is 9.59 Å². The molecule has 0 unspecified atom stereocenters. The third-order valence-corrected chi connectivity index (χ3v) is 4.45. The van der Waals surface area contributed by atoms with Crippen LogP contribution in [0.5, 0.6) is 0 Å². The third kappa shape index (κ3) is 4.16. The van der Waals surface area contributed by atoms with E-state index in [1.54, 1.807) is 17.5 Å². The van der Waals surface area contributed by atoms with Crippen LogP contribution < -0.4 is 5.32 Å². The average molecular weight is 347 g/mol. The van der Waals surface area contributed by atoms with Gasteiger partial charge in [-0.3, -0.25) is 9.69 Å². The number of carbonyl (C=O) groups excluding carboxylic acids is 1. The zero-order valence-electron chi connectivity index (χ0n) is 12.9. The summed E-state index contributed by atoms with van der Waals surface area (Å²) in [5.41, 5.74) is 0.894. The van der Waals surface area contributed by atoms with Gasteiger partial charge in [0.25, 0.3) is 5.91 Å². The smallest absolute Gasteiger partial charge is 0.335 e. The number of nitrogens with one attached hydrogen (secondary N) is 1. The Hall–Kier alpha value is -2.29. The van der Waals surface area contributed by atoms with Crippen molar-refractivity contribution in [1.82, 2.24) is 9.88 Å². The highest BCUT2D eigenvalue weighted by molar-refractivity contribution is 7.09. The molecule has 1 aliphatic rings. The molecule has 2 aromatic rings. The molecule has 3 rings (SSSR count). The Morgan fingerprint density at radius 1 is 1.33 bits per heavy atom. The number of aromatic nitrogens is 1. The summed E-state index contributed by atoms with van der Waals surface area (Å²) < 4.78 is 5.31. The first-order valence-corrected chi connectivity index (χ1v) is 8.39. The van der Waals surface area contributed by atoms with Crippen LogP contribution in [0.4, 0.5) is 5.69 Å². The summed E-state index contributed by atoms with van der Waals surface area (Å²) in [6.45, 7) is 3.87. The van der Waals surface area contributed by atoms with Gasteiger partial charge in [0, 0.05) is 24.2 Å². The molecule has 1 aliphatic heterocycles. The number of ether oxygens (including phenoxy) is 1. The lowest BCUT2D eigenvalue weighted by Gasteiger charge is -2.25. The van der Waals surface area contributed by atoms with Crippen molar-refractivity contribution in [3.63, 3.8) is 0 Å². The van der Waals surface area contributed by atoms with Crippen LogP contribution in [0.1, 0.15) is 25.9 Å². The predicted molar refractivity (Wildman–Crippen MR) is 89.6 cm³/mol. The molecule has 0 aliphatic carbocycles. The minimum absolute atomic E-state index is 0.124. The van der Waals surface area contributed by atoms with Gasteiger partial charge in [-0.1, -0.05) is 6.07 Å². The molecule has 0 atom stereocenters. The topological polar surface area (TPSA) is 91.8 Å². The molecule has 1 amide bonds. The van der Waals surface area contributed by atoms with Crippen molar-refractivity contribution in [2.45, 2.75) is 6.54 Å². The number of benzene rings is 1. The van der Waals surface area contributed by atoms with E-state index in [1.165, 1.54) is 23.5 Å². The summed E-state index contributed by atoms with van der Waals surface area (Å²) in [7, 11) is 0. The lowest BCUT2D eigenvalue weighted by Crippen LogP contribution is -2.35. The van der Waals surface area contributed by atoms with Gasteiger partial charge >= 0.3 is 5.97 Å². The summed E-state index contributed by atoms with van der Waals surface area (Å²) in [5, 5.41) is 14.3. The van der Waals surface area contributed by atoms with Crippen molar-refractivity contribution < 1.29 is 19.4 Å². The Bertz CT molecular complexity index is 740. The molecule has 1 aromatic heterocycles. The Morgan fingerprint density at radius 3 is 2.88 bits per heavy atom. The van der Waals surface area contributed by atoms with Gasteiger partial charge in [-0.2, -0.15) is 0 Å². The third-order valence-electron chi connectivity index (χ3n) is 3.61. The summed E-state index contributed by atoms with van der Waals surface area (Å²) in [4.78, 5) is 29.8. The molecular weight excluding hydrogens is 330 g/mol. The molecule has 7 nitrogen and oxygen atoms in total. The van der Waals surface area contributed by atoms with E-state index in [4.69, 9.17) is 9.84 Å². The van der Waals surface area contributed by atoms with Crippen LogP contribution in [0.15, 0.2) is 29.6 Å². The van der Waals surface area contributed by atoms with E-state index in [1.807, 2.05) is 0 Å². The summed E-state index contributed by atoms with van der Waals surface area (Å²) >= 11 is 1.44. The van der Waals surface area contributed by atoms with Gasteiger partial charge in [-0.25, -0.2) is 9.78 Å². The Kier molecular flexibility index (Phi) is 5.19. The van der Waals surface area contributed by atoms with E-state index in [-0.39, 0.29) is 11.5 Å². The van der Waals surface area contributed by atoms with Crippen LogP contribution in [-0.4, -0.2) is 53.2 Å². The van der Waals surface area contributed by atoms with Crippen LogP contribution in [0.3, 0.4) is 0 Å². The highest BCUT2D eigenvalue weighted by atomic mass is 32.1. The van der Waals surface area contributed by atoms with Crippen LogP contribution in [-0.2, 0) is 11.3 Å². The van der Waals surface area contributed by atoms with Crippen LogP contribution in [0.2, 0.25) is 0 Å². The van der Waals surface area contributed by atoms with Crippen molar-refractivity contribution in [3.05, 3.63) is 45.9 Å². The largest absolute Gasteiger partial charge is 0.478 e. The lowest BCUT2D eigenvalue weighted by atomic mass is 10.2. The maximum Gasteiger partial charge on any atom is 0.335 e. The lowest BCUT2D eigenvalue weighted by molar-refractivity contribution is 0.0341. The number of nitrogens with zero attached hydrogens (tertiary/aromatic N) is 2. The van der Waals surface area contributed by atoms with Crippen LogP contribution in [0.25, 0.3) is 0 Å². The minimum atomic E-state index is -1.03. The number of rotatable bonds is 5. The first kappa shape index (κ1) is 16.6. The average Bonchev–Trinajstić information content (AvgIpc) is 3.04. The maximum atomic E-state index is 12.3. The molecule has 1 aromatic carbocycles. The second kappa shape index (κ2) is 7.52. The van der Waals surface area contributed by atoms with E-state index >= 15 is 0 Å². The SMILES string of the molecule is O=C(O)c1cccc(NC(=O)c2csc(CN3CCOCC3)n2)c1. The fraction of sp³-hybridized carbons (Fsp3) is 0.312. The minimum Gasteiger partial charge on any atom is -0.478 e. The van der Waals surface area contributed by atoms with E-state index < -0.39 is 5.97 Å². The highest BCUT2D eigenvalue weighted by Crippen LogP contribution is 2.16. The van der Waals surface area contributed by atoms with Gasteiger partial charge in [0.05, 0.1) is 25.3 Å². The Morgan fingerprint density at radius 2 is 2.12 bits per heavy atom. The van der Waals surface area contributed by atoms with Gasteiger partial charge in [-0.05, 0) is 18.2 Å². The summed E-state index contributed by atoms with van der Waals surface area (Å²) in [6, 6.07) is 6.12. The van der Waals surface area contributed by atoms with E-state index in [0.717, 1.165) is 31.3 Å². The molecule has 8 heteroatoms. The van der Waals surface area contributed by atoms with Gasteiger partial charge in [0.1, 0.15) is 10.7 Å². The quantitative estimate of drug-likeness (QED) is 0.859.